The van der Waals surface area contributed by atoms with Gasteiger partial charge in [-0.2, -0.15) is 0 Å². The molecule has 0 radical (unpaired) electrons. The Balaban J connectivity index is 1.01. The second-order valence-corrected chi connectivity index (χ2v) is 15.3. The van der Waals surface area contributed by atoms with Gasteiger partial charge in [-0.1, -0.05) is 146 Å². The zero-order valence-electron chi connectivity index (χ0n) is 32.0. The van der Waals surface area contributed by atoms with Gasteiger partial charge in [0, 0.05) is 32.8 Å². The van der Waals surface area contributed by atoms with Gasteiger partial charge in [0.1, 0.15) is 16.7 Å². The molecule has 2 heterocycles. The normalized spacial score (nSPS) is 11.7. The summed E-state index contributed by atoms with van der Waals surface area (Å²) in [6.07, 6.45) is 0. The fourth-order valence-corrected chi connectivity index (χ4v) is 8.91. The van der Waals surface area contributed by atoms with E-state index in [-0.39, 0.29) is 0 Å². The number of para-hydroxylation sites is 3. The first-order valence-corrected chi connectivity index (χ1v) is 20.1. The van der Waals surface area contributed by atoms with Gasteiger partial charge in [0.25, 0.3) is 0 Å². The maximum atomic E-state index is 6.70. The Bertz CT molecular complexity index is 3570. The first-order chi connectivity index (χ1) is 29.2. The Kier molecular flexibility index (Phi) is 7.54. The van der Waals surface area contributed by atoms with Crippen molar-refractivity contribution in [2.24, 2.45) is 0 Å². The molecule has 0 spiro atoms. The number of hydrogen-bond acceptors (Lipinski definition) is 3. The van der Waals surface area contributed by atoms with E-state index in [1.807, 2.05) is 12.1 Å². The smallest absolute Gasteiger partial charge is 0.159 e. The van der Waals surface area contributed by atoms with Crippen LogP contribution >= 0.6 is 0 Å². The van der Waals surface area contributed by atoms with Crippen molar-refractivity contribution in [3.63, 3.8) is 0 Å². The van der Waals surface area contributed by atoms with Gasteiger partial charge in [-0.3, -0.25) is 0 Å². The number of nitrogens with zero attached hydrogens (tertiary/aromatic N) is 1. The molecule has 0 unspecified atom stereocenters. The highest BCUT2D eigenvalue weighted by Crippen LogP contribution is 2.46. The van der Waals surface area contributed by atoms with E-state index in [1.165, 1.54) is 38.2 Å². The Hall–Kier alpha value is -7.88. The summed E-state index contributed by atoms with van der Waals surface area (Å²) < 4.78 is 13.1. The van der Waals surface area contributed by atoms with Crippen LogP contribution in [-0.4, -0.2) is 0 Å². The minimum absolute atomic E-state index is 0.846. The van der Waals surface area contributed by atoms with Crippen molar-refractivity contribution >= 4 is 82.5 Å². The molecule has 12 aromatic rings. The summed E-state index contributed by atoms with van der Waals surface area (Å²) >= 11 is 0. The van der Waals surface area contributed by atoms with Gasteiger partial charge in [0.2, 0.25) is 0 Å². The largest absolute Gasteiger partial charge is 0.456 e. The Morgan fingerprint density at radius 1 is 0.288 bits per heavy atom. The highest BCUT2D eigenvalue weighted by atomic mass is 16.3. The van der Waals surface area contributed by atoms with E-state index in [9.17, 15) is 0 Å². The summed E-state index contributed by atoms with van der Waals surface area (Å²) in [4.78, 5) is 2.35. The number of fused-ring (bicyclic) bond motifs is 8. The standard InChI is InChI=1S/C56H35NO2/c1-2-12-38-32-43(24-23-36(38)11-1)40-16-9-15-39(31-40)37-25-28-45(29-26-37)57(52-21-10-19-48-47-18-6-8-22-53(47)59-56(48)52)51-20-7-5-17-46(51)44-27-30-54-49(34-44)50-33-41-13-3-4-14-42(41)35-55(50)58-54/h1-35H. The molecular weight excluding hydrogens is 719 g/mol. The van der Waals surface area contributed by atoms with Crippen LogP contribution < -0.4 is 4.90 Å². The van der Waals surface area contributed by atoms with Crippen LogP contribution in [0.25, 0.3) is 98.8 Å². The van der Waals surface area contributed by atoms with Crippen LogP contribution in [-0.2, 0) is 0 Å². The van der Waals surface area contributed by atoms with Crippen molar-refractivity contribution in [2.75, 3.05) is 4.90 Å². The zero-order chi connectivity index (χ0) is 38.9. The quantitative estimate of drug-likeness (QED) is 0.169. The van der Waals surface area contributed by atoms with Gasteiger partial charge in [-0.15, -0.1) is 0 Å². The predicted octanol–water partition coefficient (Wildman–Crippen LogP) is 16.3. The Morgan fingerprint density at radius 2 is 0.881 bits per heavy atom. The molecule has 0 aliphatic rings. The predicted molar refractivity (Wildman–Crippen MR) is 247 cm³/mol. The molecule has 0 N–H and O–H groups in total. The molecule has 10 aromatic carbocycles. The molecule has 0 atom stereocenters. The molecular formula is C56H35NO2. The molecule has 0 bridgehead atoms. The molecule has 276 valence electrons. The van der Waals surface area contributed by atoms with E-state index in [1.54, 1.807) is 0 Å². The van der Waals surface area contributed by atoms with Gasteiger partial charge in [0.15, 0.2) is 5.58 Å². The number of furan rings is 2. The van der Waals surface area contributed by atoms with Crippen LogP contribution in [0.5, 0.6) is 0 Å². The van der Waals surface area contributed by atoms with Crippen molar-refractivity contribution in [3.05, 3.63) is 212 Å². The molecule has 0 amide bonds. The summed E-state index contributed by atoms with van der Waals surface area (Å²) in [5.41, 5.74) is 13.5. The molecule has 2 aromatic heterocycles. The lowest BCUT2D eigenvalue weighted by atomic mass is 9.97. The van der Waals surface area contributed by atoms with E-state index in [2.05, 4.69) is 205 Å². The number of rotatable bonds is 6. The lowest BCUT2D eigenvalue weighted by Gasteiger charge is -2.28. The van der Waals surface area contributed by atoms with Gasteiger partial charge < -0.3 is 13.7 Å². The topological polar surface area (TPSA) is 29.5 Å². The van der Waals surface area contributed by atoms with Crippen LogP contribution in [0.1, 0.15) is 0 Å². The van der Waals surface area contributed by atoms with E-state index in [4.69, 9.17) is 8.83 Å². The SMILES string of the molecule is c1cc(-c2ccc(N(c3ccccc3-c3ccc4oc5cc6ccccc6cc5c4c3)c3cccc4c3oc3ccccc34)cc2)cc(-c2ccc3ccccc3c2)c1. The third-order valence-corrected chi connectivity index (χ3v) is 11.8. The summed E-state index contributed by atoms with van der Waals surface area (Å²) in [6.45, 7) is 0. The van der Waals surface area contributed by atoms with Crippen LogP contribution in [0.2, 0.25) is 0 Å². The highest BCUT2D eigenvalue weighted by molar-refractivity contribution is 6.13. The molecule has 0 saturated heterocycles. The summed E-state index contributed by atoms with van der Waals surface area (Å²) in [6, 6.07) is 75.8. The lowest BCUT2D eigenvalue weighted by molar-refractivity contribution is 0.669. The van der Waals surface area contributed by atoms with Crippen LogP contribution in [0.15, 0.2) is 221 Å². The summed E-state index contributed by atoms with van der Waals surface area (Å²) in [5, 5.41) is 9.25. The summed E-state index contributed by atoms with van der Waals surface area (Å²) in [7, 11) is 0. The van der Waals surface area contributed by atoms with Gasteiger partial charge in [0.05, 0.1) is 11.4 Å². The van der Waals surface area contributed by atoms with Gasteiger partial charge >= 0.3 is 0 Å². The average Bonchev–Trinajstić information content (AvgIpc) is 3.86. The number of benzene rings is 10. The highest BCUT2D eigenvalue weighted by Gasteiger charge is 2.22. The monoisotopic (exact) mass is 753 g/mol. The van der Waals surface area contributed by atoms with Crippen molar-refractivity contribution in [1.82, 2.24) is 0 Å². The third-order valence-electron chi connectivity index (χ3n) is 11.8. The zero-order valence-corrected chi connectivity index (χ0v) is 32.0. The van der Waals surface area contributed by atoms with Crippen LogP contribution in [0.4, 0.5) is 17.1 Å². The molecule has 0 aliphatic carbocycles. The van der Waals surface area contributed by atoms with E-state index in [0.29, 0.717) is 0 Å². The lowest BCUT2D eigenvalue weighted by Crippen LogP contribution is -2.11. The maximum absolute atomic E-state index is 6.70. The summed E-state index contributed by atoms with van der Waals surface area (Å²) in [5.74, 6) is 0. The molecule has 0 aliphatic heterocycles. The Morgan fingerprint density at radius 3 is 1.75 bits per heavy atom. The molecule has 3 nitrogen and oxygen atoms in total. The molecule has 59 heavy (non-hydrogen) atoms. The van der Waals surface area contributed by atoms with Gasteiger partial charge in [-0.05, 0) is 116 Å². The fraction of sp³-hybridized carbons (Fsp3) is 0. The van der Waals surface area contributed by atoms with E-state index >= 15 is 0 Å². The molecule has 3 heteroatoms. The Labute approximate surface area is 340 Å². The molecule has 12 rings (SSSR count). The first-order valence-electron chi connectivity index (χ1n) is 20.1. The fourth-order valence-electron chi connectivity index (χ4n) is 8.91. The second-order valence-electron chi connectivity index (χ2n) is 15.3. The van der Waals surface area contributed by atoms with E-state index in [0.717, 1.165) is 77.6 Å². The van der Waals surface area contributed by atoms with Crippen LogP contribution in [0.3, 0.4) is 0 Å². The van der Waals surface area contributed by atoms with Crippen LogP contribution in [0, 0.1) is 0 Å². The first kappa shape index (κ1) is 33.3. The van der Waals surface area contributed by atoms with Crippen molar-refractivity contribution in [1.29, 1.82) is 0 Å². The maximum Gasteiger partial charge on any atom is 0.159 e. The number of anilines is 3. The van der Waals surface area contributed by atoms with Gasteiger partial charge in [-0.25, -0.2) is 0 Å². The van der Waals surface area contributed by atoms with E-state index < -0.39 is 0 Å². The minimum Gasteiger partial charge on any atom is -0.456 e. The number of hydrogen-bond donors (Lipinski definition) is 0. The molecule has 0 saturated carbocycles. The molecule has 0 fully saturated rings. The average molecular weight is 754 g/mol. The second kappa shape index (κ2) is 13.4. The van der Waals surface area contributed by atoms with Crippen molar-refractivity contribution in [3.8, 4) is 33.4 Å². The minimum atomic E-state index is 0.846. The van der Waals surface area contributed by atoms with Crippen molar-refractivity contribution in [2.45, 2.75) is 0 Å². The van der Waals surface area contributed by atoms with Crippen molar-refractivity contribution < 1.29 is 8.83 Å². The third kappa shape index (κ3) is 5.59.